The molecule has 1 heterocycles. The van der Waals surface area contributed by atoms with Gasteiger partial charge in [-0.05, 0) is 43.3 Å². The largest absolute Gasteiger partial charge is 0.240 e. The lowest BCUT2D eigenvalue weighted by atomic mass is 9.85. The zero-order chi connectivity index (χ0) is 15.6. The van der Waals surface area contributed by atoms with Gasteiger partial charge in [0.05, 0.1) is 4.90 Å². The Kier molecular flexibility index (Phi) is 4.39. The maximum Gasteiger partial charge on any atom is 0.240 e. The van der Waals surface area contributed by atoms with Crippen LogP contribution in [0.25, 0.3) is 0 Å². The SMILES string of the molecule is Cc1ccc(S(=O)(=O)NCC2(c3cccs3)CCCC2)cc1. The van der Waals surface area contributed by atoms with Crippen LogP contribution in [-0.2, 0) is 15.4 Å². The molecule has 1 N–H and O–H groups in total. The van der Waals surface area contributed by atoms with Crippen molar-refractivity contribution in [3.63, 3.8) is 0 Å². The monoisotopic (exact) mass is 335 g/mol. The van der Waals surface area contributed by atoms with Crippen molar-refractivity contribution in [3.05, 3.63) is 52.2 Å². The van der Waals surface area contributed by atoms with E-state index in [2.05, 4.69) is 22.2 Å². The third-order valence-electron chi connectivity index (χ3n) is 4.54. The summed E-state index contributed by atoms with van der Waals surface area (Å²) < 4.78 is 27.9. The van der Waals surface area contributed by atoms with Gasteiger partial charge in [-0.25, -0.2) is 13.1 Å². The lowest BCUT2D eigenvalue weighted by molar-refractivity contribution is 0.440. The number of rotatable bonds is 5. The molecule has 22 heavy (non-hydrogen) atoms. The Morgan fingerprint density at radius 3 is 2.41 bits per heavy atom. The highest BCUT2D eigenvalue weighted by molar-refractivity contribution is 7.89. The van der Waals surface area contributed by atoms with Crippen molar-refractivity contribution in [1.29, 1.82) is 0 Å². The van der Waals surface area contributed by atoms with Gasteiger partial charge in [-0.3, -0.25) is 0 Å². The molecule has 0 spiro atoms. The highest BCUT2D eigenvalue weighted by atomic mass is 32.2. The smallest absolute Gasteiger partial charge is 0.210 e. The highest BCUT2D eigenvalue weighted by Gasteiger charge is 2.37. The Hall–Kier alpha value is -1.17. The minimum Gasteiger partial charge on any atom is -0.210 e. The molecular weight excluding hydrogens is 314 g/mol. The van der Waals surface area contributed by atoms with Crippen LogP contribution in [0.3, 0.4) is 0 Å². The molecule has 0 bridgehead atoms. The predicted octanol–water partition coefficient (Wildman–Crippen LogP) is 3.85. The maximum atomic E-state index is 12.5. The van der Waals surface area contributed by atoms with Gasteiger partial charge in [0.2, 0.25) is 10.0 Å². The van der Waals surface area contributed by atoms with Gasteiger partial charge < -0.3 is 0 Å². The molecule has 0 amide bonds. The van der Waals surface area contributed by atoms with E-state index in [0.717, 1.165) is 18.4 Å². The van der Waals surface area contributed by atoms with Gasteiger partial charge in [0, 0.05) is 16.8 Å². The van der Waals surface area contributed by atoms with Crippen LogP contribution in [0.1, 0.15) is 36.1 Å². The third kappa shape index (κ3) is 3.12. The van der Waals surface area contributed by atoms with Gasteiger partial charge in [-0.1, -0.05) is 36.6 Å². The summed E-state index contributed by atoms with van der Waals surface area (Å²) >= 11 is 1.73. The molecule has 1 aliphatic carbocycles. The fraction of sp³-hybridized carbons (Fsp3) is 0.412. The lowest BCUT2D eigenvalue weighted by Crippen LogP contribution is -2.38. The van der Waals surface area contributed by atoms with Crippen LogP contribution < -0.4 is 4.72 Å². The minimum atomic E-state index is -3.44. The normalized spacial score (nSPS) is 17.7. The molecule has 0 aliphatic heterocycles. The molecule has 0 radical (unpaired) electrons. The molecule has 1 fully saturated rings. The molecule has 0 saturated heterocycles. The van der Waals surface area contributed by atoms with E-state index in [0.29, 0.717) is 11.4 Å². The fourth-order valence-corrected chi connectivity index (χ4v) is 5.29. The standard InChI is InChI=1S/C17H21NO2S2/c1-14-6-8-15(9-7-14)22(19,20)18-13-17(10-2-3-11-17)16-5-4-12-21-16/h4-9,12,18H,2-3,10-11,13H2,1H3. The van der Waals surface area contributed by atoms with Crippen molar-refractivity contribution in [2.75, 3.05) is 6.54 Å². The second-order valence-electron chi connectivity index (χ2n) is 6.10. The number of thiophene rings is 1. The average Bonchev–Trinajstić information content (AvgIpc) is 3.18. The zero-order valence-electron chi connectivity index (χ0n) is 12.7. The molecule has 1 saturated carbocycles. The van der Waals surface area contributed by atoms with E-state index in [1.54, 1.807) is 23.5 Å². The van der Waals surface area contributed by atoms with Gasteiger partial charge in [0.25, 0.3) is 0 Å². The maximum absolute atomic E-state index is 12.5. The second-order valence-corrected chi connectivity index (χ2v) is 8.82. The van der Waals surface area contributed by atoms with Gasteiger partial charge in [0.15, 0.2) is 0 Å². The van der Waals surface area contributed by atoms with Crippen molar-refractivity contribution in [2.24, 2.45) is 0 Å². The van der Waals surface area contributed by atoms with Crippen molar-refractivity contribution in [2.45, 2.75) is 42.9 Å². The topological polar surface area (TPSA) is 46.2 Å². The molecule has 1 aromatic heterocycles. The molecule has 1 aliphatic rings. The van der Waals surface area contributed by atoms with Crippen LogP contribution in [-0.4, -0.2) is 15.0 Å². The summed E-state index contributed by atoms with van der Waals surface area (Å²) in [5.41, 5.74) is 1.04. The zero-order valence-corrected chi connectivity index (χ0v) is 14.3. The van der Waals surface area contributed by atoms with Gasteiger partial charge >= 0.3 is 0 Å². The van der Waals surface area contributed by atoms with Crippen LogP contribution in [0.15, 0.2) is 46.7 Å². The second kappa shape index (κ2) is 6.14. The summed E-state index contributed by atoms with van der Waals surface area (Å²) in [5, 5.41) is 2.07. The van der Waals surface area contributed by atoms with Gasteiger partial charge in [-0.2, -0.15) is 0 Å². The molecule has 1 aromatic carbocycles. The molecule has 5 heteroatoms. The molecule has 3 rings (SSSR count). The van der Waals surface area contributed by atoms with E-state index in [1.807, 2.05) is 19.1 Å². The van der Waals surface area contributed by atoms with Crippen LogP contribution in [0.2, 0.25) is 0 Å². The lowest BCUT2D eigenvalue weighted by Gasteiger charge is -2.28. The van der Waals surface area contributed by atoms with E-state index in [9.17, 15) is 8.42 Å². The number of hydrogen-bond donors (Lipinski definition) is 1. The highest BCUT2D eigenvalue weighted by Crippen LogP contribution is 2.42. The first-order valence-electron chi connectivity index (χ1n) is 7.62. The van der Waals surface area contributed by atoms with Gasteiger partial charge in [0.1, 0.15) is 0 Å². The van der Waals surface area contributed by atoms with E-state index in [4.69, 9.17) is 0 Å². The summed E-state index contributed by atoms with van der Waals surface area (Å²) in [5.74, 6) is 0. The molecule has 0 unspecified atom stereocenters. The third-order valence-corrected chi connectivity index (χ3v) is 7.07. The number of aryl methyl sites for hydroxylation is 1. The van der Waals surface area contributed by atoms with E-state index in [1.165, 1.54) is 17.7 Å². The number of sulfonamides is 1. The fourth-order valence-electron chi connectivity index (χ4n) is 3.18. The Balaban J connectivity index is 1.79. The molecule has 118 valence electrons. The van der Waals surface area contributed by atoms with Crippen LogP contribution in [0.5, 0.6) is 0 Å². The Bertz CT molecular complexity index is 713. The molecule has 3 nitrogen and oxygen atoms in total. The number of hydrogen-bond acceptors (Lipinski definition) is 3. The number of nitrogens with one attached hydrogen (secondary N) is 1. The van der Waals surface area contributed by atoms with Crippen molar-refractivity contribution >= 4 is 21.4 Å². The first kappa shape index (κ1) is 15.7. The first-order valence-corrected chi connectivity index (χ1v) is 9.99. The molecule has 2 aromatic rings. The van der Waals surface area contributed by atoms with Crippen molar-refractivity contribution in [1.82, 2.24) is 4.72 Å². The molecular formula is C17H21NO2S2. The summed E-state index contributed by atoms with van der Waals surface area (Å²) in [7, 11) is -3.44. The van der Waals surface area contributed by atoms with Crippen molar-refractivity contribution in [3.8, 4) is 0 Å². The summed E-state index contributed by atoms with van der Waals surface area (Å²) in [6, 6.07) is 11.2. The average molecular weight is 335 g/mol. The minimum absolute atomic E-state index is 0.0219. The summed E-state index contributed by atoms with van der Waals surface area (Å²) in [6.45, 7) is 2.44. The Labute approximate surface area is 136 Å². The first-order chi connectivity index (χ1) is 10.5. The predicted molar refractivity (Wildman–Crippen MR) is 90.8 cm³/mol. The van der Waals surface area contributed by atoms with Crippen LogP contribution in [0.4, 0.5) is 0 Å². The van der Waals surface area contributed by atoms with E-state index < -0.39 is 10.0 Å². The Morgan fingerprint density at radius 1 is 1.14 bits per heavy atom. The van der Waals surface area contributed by atoms with Crippen LogP contribution in [0, 0.1) is 6.92 Å². The summed E-state index contributed by atoms with van der Waals surface area (Å²) in [6.07, 6.45) is 4.46. The molecule has 0 atom stereocenters. The van der Waals surface area contributed by atoms with E-state index in [-0.39, 0.29) is 5.41 Å². The number of benzene rings is 1. The van der Waals surface area contributed by atoms with Gasteiger partial charge in [-0.15, -0.1) is 11.3 Å². The quantitative estimate of drug-likeness (QED) is 0.902. The van der Waals surface area contributed by atoms with E-state index >= 15 is 0 Å². The summed E-state index contributed by atoms with van der Waals surface area (Å²) in [4.78, 5) is 1.65. The van der Waals surface area contributed by atoms with Crippen molar-refractivity contribution < 1.29 is 8.42 Å². The Morgan fingerprint density at radius 2 is 1.82 bits per heavy atom. The van der Waals surface area contributed by atoms with Crippen LogP contribution >= 0.6 is 11.3 Å².